The molecule has 0 aromatic rings. The van der Waals surface area contributed by atoms with E-state index in [4.69, 9.17) is 0 Å². The molecule has 15 nitrogen and oxygen atoms in total. The summed E-state index contributed by atoms with van der Waals surface area (Å²) in [5, 5.41) is 0. The Bertz CT molecular complexity index is 823. The summed E-state index contributed by atoms with van der Waals surface area (Å²) in [6.07, 6.45) is 0. The number of hydrogen-bond acceptors (Lipinski definition) is 20. The molecule has 4 atom stereocenters. The Morgan fingerprint density at radius 3 is 0.486 bits per heavy atom. The fourth-order valence-corrected chi connectivity index (χ4v) is 0.0292. The molecule has 0 heterocycles. The molecule has 0 aliphatic heterocycles. The van der Waals surface area contributed by atoms with E-state index >= 15 is 0 Å². The van der Waals surface area contributed by atoms with Crippen LogP contribution in [0.1, 0.15) is 0 Å². The van der Waals surface area contributed by atoms with Gasteiger partial charge in [0.25, 0.3) is 0 Å². The molecule has 0 N–H and O–H groups in total. The number of rotatable bonds is 6. The van der Waals surface area contributed by atoms with Crippen LogP contribution in [-0.2, 0) is 196 Å². The van der Waals surface area contributed by atoms with Crippen molar-refractivity contribution < 1.29 is 161 Å². The second kappa shape index (κ2) is 31.6. The van der Waals surface area contributed by atoms with Gasteiger partial charge in [0.1, 0.15) is 36.2 Å². The van der Waals surface area contributed by atoms with Gasteiger partial charge < -0.3 is 18.2 Å². The van der Waals surface area contributed by atoms with E-state index < -0.39 is 45.3 Å². The van der Waals surface area contributed by atoms with Gasteiger partial charge in [-0.2, -0.15) is 4.21 Å². The summed E-state index contributed by atoms with van der Waals surface area (Å²) in [4.78, 5) is 0. The Morgan fingerprint density at radius 1 is 0.400 bits per heavy atom. The van der Waals surface area contributed by atoms with Crippen molar-refractivity contribution in [3.8, 4) is 0 Å². The van der Waals surface area contributed by atoms with Gasteiger partial charge in [0.05, 0.1) is 0 Å². The maximum atomic E-state index is 10.5. The molecule has 0 radical (unpaired) electrons. The zero-order chi connectivity index (χ0) is 26.7. The summed E-state index contributed by atoms with van der Waals surface area (Å²) in [7, 11) is -21.1. The third-order valence-corrected chi connectivity index (χ3v) is 2.31. The topological polar surface area (TPSA) is 233 Å². The van der Waals surface area contributed by atoms with E-state index in [1.165, 1.54) is 0 Å². The van der Waals surface area contributed by atoms with Crippen LogP contribution in [0.3, 0.4) is 0 Å². The number of halogens is 6. The van der Waals surface area contributed by atoms with Gasteiger partial charge in [-0.1, -0.05) is 8.78 Å². The molecule has 0 amide bonds. The predicted molar refractivity (Wildman–Crippen MR) is 93.8 cm³/mol. The van der Waals surface area contributed by atoms with Gasteiger partial charge in [-0.25, -0.2) is 16.8 Å². The summed E-state index contributed by atoms with van der Waals surface area (Å²) in [5.41, 5.74) is 0. The molecule has 0 aromatic heterocycles. The monoisotopic (exact) mass is 925 g/mol. The van der Waals surface area contributed by atoms with Crippen LogP contribution in [0.2, 0.25) is 0 Å². The average molecular weight is 929 g/mol. The molecule has 35 heavy (non-hydrogen) atoms. The SMILES string of the molecule is O=S(=S)(OF)OF.O=S([O-])(=S)OF.O=S([O-])(=S)OF.O=S([O-])(=S)OF.O=S([O-])(=S)OF.[Cu+].[Cu+].[Cu+].[Cu+]. The Morgan fingerprint density at radius 2 is 0.486 bits per heavy atom. The molecule has 0 fully saturated rings. The van der Waals surface area contributed by atoms with Crippen LogP contribution in [0, 0.1) is 0 Å². The van der Waals surface area contributed by atoms with E-state index in [9.17, 15) is 66.4 Å². The Kier molecular flexibility index (Phi) is 56.0. The standard InChI is InChI=1S/4Cu.F2O3S2.4FHO3S2/c;;;;1-4-7(3,6)5-2;4*1-4-6(2,3)5/h;;;;;4*(H,2,3,5)/q4*+1;;;;;/p-4. The van der Waals surface area contributed by atoms with Crippen molar-refractivity contribution in [3.05, 3.63) is 0 Å². The first-order chi connectivity index (χ1) is 13.4. The van der Waals surface area contributed by atoms with Crippen molar-refractivity contribution >= 4 is 101 Å². The molecule has 0 rings (SSSR count). The van der Waals surface area contributed by atoms with Crippen molar-refractivity contribution in [3.63, 3.8) is 0 Å². The number of hydrogen-bond donors (Lipinski definition) is 0. The molecule has 236 valence electrons. The minimum atomic E-state index is -4.25. The van der Waals surface area contributed by atoms with Crippen molar-refractivity contribution in [1.29, 1.82) is 0 Å². The summed E-state index contributed by atoms with van der Waals surface area (Å²) >= 11 is 16.9. The van der Waals surface area contributed by atoms with Crippen LogP contribution in [0.5, 0.6) is 0 Å². The largest absolute Gasteiger partial charge is 1.00 e. The van der Waals surface area contributed by atoms with Crippen LogP contribution >= 0.6 is 0 Å². The quantitative estimate of drug-likeness (QED) is 0.231. The third kappa shape index (κ3) is 103. The van der Waals surface area contributed by atoms with E-state index in [0.29, 0.717) is 0 Å². The summed E-state index contributed by atoms with van der Waals surface area (Å²) in [5.74, 6) is 0. The van der Waals surface area contributed by atoms with E-state index in [-0.39, 0.29) is 68.3 Å². The van der Waals surface area contributed by atoms with Gasteiger partial charge in [-0.3, -0.25) is 0 Å². The summed E-state index contributed by atoms with van der Waals surface area (Å²) in [6.45, 7) is 0. The van der Waals surface area contributed by atoms with Gasteiger partial charge >= 0.3 is 77.3 Å². The third-order valence-electron chi connectivity index (χ3n) is 0.463. The van der Waals surface area contributed by atoms with Gasteiger partial charge in [-0.05, 0) is 71.9 Å². The molecule has 0 spiro atoms. The first-order valence-electron chi connectivity index (χ1n) is 4.26. The molecule has 35 heteroatoms. The van der Waals surface area contributed by atoms with Crippen molar-refractivity contribution in [2.75, 3.05) is 0 Å². The first kappa shape index (κ1) is 61.9. The summed E-state index contributed by atoms with van der Waals surface area (Å²) < 4.78 is 159. The van der Waals surface area contributed by atoms with Crippen LogP contribution in [0.4, 0.5) is 27.2 Å². The maximum Gasteiger partial charge on any atom is 1.00 e. The van der Waals surface area contributed by atoms with Crippen LogP contribution < -0.4 is 0 Å². The zero-order valence-electron chi connectivity index (χ0n) is 13.7. The van der Waals surface area contributed by atoms with Crippen molar-refractivity contribution in [2.24, 2.45) is 0 Å². The molecule has 0 aliphatic carbocycles. The molecule has 0 aliphatic rings. The predicted octanol–water partition coefficient (Wildman–Crippen LogP) is -0.928. The zero-order valence-corrected chi connectivity index (χ0v) is 25.6. The van der Waals surface area contributed by atoms with Crippen LogP contribution in [0.25, 0.3) is 0 Å². The Balaban J connectivity index is -0.0000000336. The molecule has 0 aromatic carbocycles. The van der Waals surface area contributed by atoms with Crippen LogP contribution in [-0.4, -0.2) is 39.3 Å². The van der Waals surface area contributed by atoms with E-state index in [1.807, 2.05) is 0 Å². The van der Waals surface area contributed by atoms with Gasteiger partial charge in [0.15, 0.2) is 0 Å². The Hall–Kier alpha value is 3.11. The normalized spacial score (nSPS) is 15.8. The second-order valence-corrected chi connectivity index (χ2v) is 13.4. The minimum Gasteiger partial charge on any atom is -0.746 e. The fraction of sp³-hybridized carbons (Fsp3) is 0. The second-order valence-electron chi connectivity index (χ2n) is 2.42. The molecular weight excluding hydrogens is 929 g/mol. The summed E-state index contributed by atoms with van der Waals surface area (Å²) in [6, 6.07) is 0. The van der Waals surface area contributed by atoms with E-state index in [2.05, 4.69) is 82.3 Å². The molecule has 0 bridgehead atoms. The van der Waals surface area contributed by atoms with Gasteiger partial charge in [0, 0.05) is 11.2 Å². The molecule has 4 unspecified atom stereocenters. The van der Waals surface area contributed by atoms with E-state index in [0.717, 1.165) is 0 Å². The minimum absolute atomic E-state index is 0. The van der Waals surface area contributed by atoms with Crippen molar-refractivity contribution in [2.45, 2.75) is 0 Å². The first-order valence-corrected chi connectivity index (χ1v) is 15.9. The van der Waals surface area contributed by atoms with Crippen LogP contribution in [0.15, 0.2) is 0 Å². The van der Waals surface area contributed by atoms with Gasteiger partial charge in [0.2, 0.25) is 0 Å². The average Bonchev–Trinajstić information content (AvgIpc) is 2.61. The molecule has 0 saturated carbocycles. The van der Waals surface area contributed by atoms with E-state index in [1.54, 1.807) is 0 Å². The fourth-order valence-electron chi connectivity index (χ4n) is 0.00972. The Labute approximate surface area is 259 Å². The smallest absolute Gasteiger partial charge is 0.746 e. The van der Waals surface area contributed by atoms with Crippen molar-refractivity contribution in [1.82, 2.24) is 0 Å². The molecular formula is Cu4F6O15S10. The molecule has 0 saturated heterocycles. The maximum absolute atomic E-state index is 10.5. The van der Waals surface area contributed by atoms with Gasteiger partial charge in [-0.15, -0.1) is 17.6 Å².